The fourth-order valence-corrected chi connectivity index (χ4v) is 2.96. The lowest BCUT2D eigenvalue weighted by Crippen LogP contribution is -2.43. The zero-order valence-electron chi connectivity index (χ0n) is 13.7. The number of carbonyl (C=O) groups excluding carboxylic acids is 1. The van der Waals surface area contributed by atoms with E-state index < -0.39 is 11.9 Å². The third-order valence-corrected chi connectivity index (χ3v) is 4.32. The number of rotatable bonds is 4. The number of amides is 1. The normalized spacial score (nSPS) is 17.3. The third kappa shape index (κ3) is 3.93. The van der Waals surface area contributed by atoms with Crippen molar-refractivity contribution in [3.63, 3.8) is 0 Å². The van der Waals surface area contributed by atoms with Crippen LogP contribution >= 0.6 is 0 Å². The number of carboxylic acids is 1. The lowest BCUT2D eigenvalue weighted by Gasteiger charge is -2.30. The van der Waals surface area contributed by atoms with Crippen LogP contribution in [0, 0.1) is 5.92 Å². The number of hydrogen-bond donors (Lipinski definition) is 1. The first kappa shape index (κ1) is 16.9. The molecule has 0 radical (unpaired) electrons. The molecule has 1 aromatic heterocycles. The van der Waals surface area contributed by atoms with Gasteiger partial charge >= 0.3 is 5.97 Å². The van der Waals surface area contributed by atoms with Crippen LogP contribution in [-0.2, 0) is 11.3 Å². The Balaban J connectivity index is 1.80. The Morgan fingerprint density at radius 2 is 1.92 bits per heavy atom. The molecule has 25 heavy (non-hydrogen) atoms. The summed E-state index contributed by atoms with van der Waals surface area (Å²) in [6, 6.07) is 12.1. The number of nitrogens with zero attached hydrogens (tertiary/aromatic N) is 3. The van der Waals surface area contributed by atoms with Gasteiger partial charge in [0, 0.05) is 19.2 Å². The molecule has 2 aromatic rings. The molecule has 1 N–H and O–H groups in total. The van der Waals surface area contributed by atoms with E-state index in [0.717, 1.165) is 5.56 Å². The molecule has 0 aliphatic carbocycles. The summed E-state index contributed by atoms with van der Waals surface area (Å²) < 4.78 is 1.25. The molecule has 1 fully saturated rings. The van der Waals surface area contributed by atoms with E-state index in [0.29, 0.717) is 19.4 Å². The molecule has 1 aliphatic heterocycles. The Morgan fingerprint density at radius 3 is 2.64 bits per heavy atom. The summed E-state index contributed by atoms with van der Waals surface area (Å²) in [6.45, 7) is 0.953. The van der Waals surface area contributed by atoms with Gasteiger partial charge in [0.2, 0.25) is 0 Å². The molecule has 1 aliphatic rings. The predicted octanol–water partition coefficient (Wildman–Crippen LogP) is 1.23. The summed E-state index contributed by atoms with van der Waals surface area (Å²) >= 11 is 0. The Kier molecular flexibility index (Phi) is 4.92. The highest BCUT2D eigenvalue weighted by Gasteiger charge is 2.29. The molecule has 7 heteroatoms. The van der Waals surface area contributed by atoms with Crippen LogP contribution in [-0.4, -0.2) is 44.8 Å². The standard InChI is InChI=1S/C18H19N3O4/c22-16-9-8-15(19-21(16)11-13-5-2-1-3-6-13)17(23)20-10-4-7-14(12-20)18(24)25/h1-3,5-6,8-9,14H,4,7,10-12H2,(H,24,25)/t14-/m0/s1. The van der Waals surface area contributed by atoms with Crippen LogP contribution in [0.5, 0.6) is 0 Å². The molecule has 1 amide bonds. The average Bonchev–Trinajstić information content (AvgIpc) is 2.64. The fourth-order valence-electron chi connectivity index (χ4n) is 2.96. The van der Waals surface area contributed by atoms with Crippen molar-refractivity contribution in [1.29, 1.82) is 0 Å². The molecule has 1 saturated heterocycles. The van der Waals surface area contributed by atoms with E-state index >= 15 is 0 Å². The van der Waals surface area contributed by atoms with Crippen LogP contribution in [0.25, 0.3) is 0 Å². The first-order valence-corrected chi connectivity index (χ1v) is 8.19. The van der Waals surface area contributed by atoms with E-state index in [9.17, 15) is 14.4 Å². The highest BCUT2D eigenvalue weighted by atomic mass is 16.4. The number of benzene rings is 1. The Hall–Kier alpha value is -2.96. The van der Waals surface area contributed by atoms with Crippen molar-refractivity contribution in [3.05, 3.63) is 64.1 Å². The van der Waals surface area contributed by atoms with Gasteiger partial charge in [0.05, 0.1) is 12.5 Å². The second-order valence-corrected chi connectivity index (χ2v) is 6.13. The molecule has 3 rings (SSSR count). The summed E-state index contributed by atoms with van der Waals surface area (Å²) in [5.41, 5.74) is 0.773. The van der Waals surface area contributed by atoms with Gasteiger partial charge in [-0.15, -0.1) is 0 Å². The molecule has 7 nitrogen and oxygen atoms in total. The van der Waals surface area contributed by atoms with E-state index in [4.69, 9.17) is 5.11 Å². The smallest absolute Gasteiger partial charge is 0.308 e. The Morgan fingerprint density at radius 1 is 1.16 bits per heavy atom. The number of hydrogen-bond acceptors (Lipinski definition) is 4. The monoisotopic (exact) mass is 341 g/mol. The summed E-state index contributed by atoms with van der Waals surface area (Å²) in [5, 5.41) is 13.3. The third-order valence-electron chi connectivity index (χ3n) is 4.32. The highest BCUT2D eigenvalue weighted by molar-refractivity contribution is 5.92. The number of carboxylic acid groups (broad SMARTS) is 1. The first-order chi connectivity index (χ1) is 12.0. The zero-order chi connectivity index (χ0) is 17.8. The topological polar surface area (TPSA) is 92.5 Å². The maximum absolute atomic E-state index is 12.6. The van der Waals surface area contributed by atoms with Crippen molar-refractivity contribution in [1.82, 2.24) is 14.7 Å². The molecular formula is C18H19N3O4. The van der Waals surface area contributed by atoms with Crippen LogP contribution in [0.15, 0.2) is 47.3 Å². The summed E-state index contributed by atoms with van der Waals surface area (Å²) in [7, 11) is 0. The van der Waals surface area contributed by atoms with Crippen LogP contribution in [0.2, 0.25) is 0 Å². The maximum atomic E-state index is 12.6. The molecular weight excluding hydrogens is 322 g/mol. The van der Waals surface area contributed by atoms with Crippen LogP contribution in [0.1, 0.15) is 28.9 Å². The Labute approximate surface area is 144 Å². The van der Waals surface area contributed by atoms with Crippen molar-refractivity contribution in [3.8, 4) is 0 Å². The number of aliphatic carboxylic acids is 1. The van der Waals surface area contributed by atoms with Gasteiger partial charge in [-0.2, -0.15) is 5.10 Å². The van der Waals surface area contributed by atoms with Crippen LogP contribution in [0.4, 0.5) is 0 Å². The largest absolute Gasteiger partial charge is 0.481 e. The molecule has 130 valence electrons. The number of aromatic nitrogens is 2. The molecule has 0 saturated carbocycles. The van der Waals surface area contributed by atoms with Crippen LogP contribution < -0.4 is 5.56 Å². The predicted molar refractivity (Wildman–Crippen MR) is 90.3 cm³/mol. The van der Waals surface area contributed by atoms with Crippen molar-refractivity contribution >= 4 is 11.9 Å². The first-order valence-electron chi connectivity index (χ1n) is 8.19. The molecule has 1 atom stereocenters. The van der Waals surface area contributed by atoms with Crippen LogP contribution in [0.3, 0.4) is 0 Å². The van der Waals surface area contributed by atoms with Crippen molar-refractivity contribution in [2.75, 3.05) is 13.1 Å². The van der Waals surface area contributed by atoms with Gasteiger partial charge in [-0.3, -0.25) is 14.4 Å². The summed E-state index contributed by atoms with van der Waals surface area (Å²) in [5.74, 6) is -1.78. The minimum absolute atomic E-state index is 0.154. The average molecular weight is 341 g/mol. The van der Waals surface area contributed by atoms with Gasteiger partial charge in [0.25, 0.3) is 11.5 Å². The second kappa shape index (κ2) is 7.29. The Bertz CT molecular complexity index is 832. The summed E-state index contributed by atoms with van der Waals surface area (Å²) in [4.78, 5) is 37.3. The quantitative estimate of drug-likeness (QED) is 0.903. The second-order valence-electron chi connectivity index (χ2n) is 6.13. The van der Waals surface area contributed by atoms with Crippen molar-refractivity contribution in [2.45, 2.75) is 19.4 Å². The fraction of sp³-hybridized carbons (Fsp3) is 0.333. The van der Waals surface area contributed by atoms with E-state index in [1.807, 2.05) is 30.3 Å². The summed E-state index contributed by atoms with van der Waals surface area (Å²) in [6.07, 6.45) is 1.21. The lowest BCUT2D eigenvalue weighted by atomic mass is 9.98. The molecule has 0 bridgehead atoms. The molecule has 0 spiro atoms. The van der Waals surface area contributed by atoms with Crippen molar-refractivity contribution < 1.29 is 14.7 Å². The van der Waals surface area contributed by atoms with E-state index in [-0.39, 0.29) is 30.2 Å². The zero-order valence-corrected chi connectivity index (χ0v) is 13.7. The number of likely N-dealkylation sites (tertiary alicyclic amines) is 1. The molecule has 1 aromatic carbocycles. The van der Waals surface area contributed by atoms with E-state index in [2.05, 4.69) is 5.10 Å². The van der Waals surface area contributed by atoms with Gasteiger partial charge in [0.15, 0.2) is 0 Å². The number of piperidine rings is 1. The molecule has 2 heterocycles. The highest BCUT2D eigenvalue weighted by Crippen LogP contribution is 2.18. The number of carbonyl (C=O) groups is 2. The van der Waals surface area contributed by atoms with Gasteiger partial charge in [-0.1, -0.05) is 30.3 Å². The maximum Gasteiger partial charge on any atom is 0.308 e. The van der Waals surface area contributed by atoms with Crippen molar-refractivity contribution in [2.24, 2.45) is 5.92 Å². The minimum Gasteiger partial charge on any atom is -0.481 e. The van der Waals surface area contributed by atoms with E-state index in [1.165, 1.54) is 21.7 Å². The lowest BCUT2D eigenvalue weighted by molar-refractivity contribution is -0.143. The van der Waals surface area contributed by atoms with Gasteiger partial charge < -0.3 is 10.0 Å². The van der Waals surface area contributed by atoms with Gasteiger partial charge in [0.1, 0.15) is 5.69 Å². The van der Waals surface area contributed by atoms with Gasteiger partial charge in [-0.05, 0) is 24.5 Å². The molecule has 0 unspecified atom stereocenters. The van der Waals surface area contributed by atoms with E-state index in [1.54, 1.807) is 0 Å². The van der Waals surface area contributed by atoms with Gasteiger partial charge in [-0.25, -0.2) is 4.68 Å². The SMILES string of the molecule is O=C(O)[C@H]1CCCN(C(=O)c2ccc(=O)n(Cc3ccccc3)n2)C1. The minimum atomic E-state index is -0.889.